The van der Waals surface area contributed by atoms with Gasteiger partial charge >= 0.3 is 0 Å². The van der Waals surface area contributed by atoms with Crippen LogP contribution in [0.4, 0.5) is 0 Å². The fraction of sp³-hybridized carbons (Fsp3) is 0.500. The van der Waals surface area contributed by atoms with E-state index < -0.39 is 0 Å². The number of halogens is 1. The number of ether oxygens (including phenoxy) is 1. The van der Waals surface area contributed by atoms with Crippen LogP contribution in [-0.2, 0) is 6.42 Å². The van der Waals surface area contributed by atoms with Crippen molar-refractivity contribution >= 4 is 11.6 Å². The first-order valence-corrected chi connectivity index (χ1v) is 5.64. The molecule has 0 fully saturated rings. The van der Waals surface area contributed by atoms with Gasteiger partial charge in [0.15, 0.2) is 0 Å². The molecule has 2 rings (SSSR count). The van der Waals surface area contributed by atoms with Gasteiger partial charge in [-0.25, -0.2) is 0 Å². The van der Waals surface area contributed by atoms with Crippen LogP contribution in [0.15, 0.2) is 18.2 Å². The topological polar surface area (TPSA) is 9.23 Å². The van der Waals surface area contributed by atoms with Crippen LogP contribution in [0, 0.1) is 0 Å². The molecule has 2 heteroatoms. The quantitative estimate of drug-likeness (QED) is 0.692. The highest BCUT2D eigenvalue weighted by Gasteiger charge is 2.14. The smallest absolute Gasteiger partial charge is 0.122 e. The van der Waals surface area contributed by atoms with Crippen LogP contribution in [0.2, 0.25) is 0 Å². The molecule has 0 saturated heterocycles. The van der Waals surface area contributed by atoms with Gasteiger partial charge in [0.2, 0.25) is 0 Å². The van der Waals surface area contributed by atoms with Gasteiger partial charge in [0, 0.05) is 6.42 Å². The van der Waals surface area contributed by atoms with Crippen molar-refractivity contribution < 1.29 is 4.74 Å². The lowest BCUT2D eigenvalue weighted by Gasteiger charge is -2.09. The molecule has 0 amide bonds. The average Bonchev–Trinajstić information content (AvgIpc) is 2.64. The molecule has 0 N–H and O–H groups in total. The Morgan fingerprint density at radius 3 is 3.14 bits per heavy atom. The molecular weight excluding hydrogens is 196 g/mol. The lowest BCUT2D eigenvalue weighted by molar-refractivity contribution is 0.357. The molecule has 0 aliphatic carbocycles. The number of fused-ring (bicyclic) bond motifs is 1. The van der Waals surface area contributed by atoms with Gasteiger partial charge in [-0.15, -0.1) is 11.6 Å². The van der Waals surface area contributed by atoms with Crippen molar-refractivity contribution in [2.45, 2.75) is 31.6 Å². The van der Waals surface area contributed by atoms with Gasteiger partial charge in [-0.05, 0) is 23.6 Å². The maximum atomic E-state index is 6.27. The molecule has 1 unspecified atom stereocenters. The Bertz CT molecular complexity index is 322. The van der Waals surface area contributed by atoms with E-state index in [-0.39, 0.29) is 5.38 Å². The maximum Gasteiger partial charge on any atom is 0.122 e. The van der Waals surface area contributed by atoms with Crippen LogP contribution >= 0.6 is 11.6 Å². The Balaban J connectivity index is 2.19. The number of hydrogen-bond acceptors (Lipinski definition) is 1. The van der Waals surface area contributed by atoms with Crippen LogP contribution in [0.1, 0.15) is 36.3 Å². The fourth-order valence-electron chi connectivity index (χ4n) is 1.82. The molecule has 1 heterocycles. The summed E-state index contributed by atoms with van der Waals surface area (Å²) < 4.78 is 5.45. The summed E-state index contributed by atoms with van der Waals surface area (Å²) in [6.07, 6.45) is 3.20. The SMILES string of the molecule is CCCC(Cl)c1ccc2c(c1)CCO2. The van der Waals surface area contributed by atoms with Crippen molar-refractivity contribution in [1.29, 1.82) is 0 Å². The number of hydrogen-bond donors (Lipinski definition) is 0. The summed E-state index contributed by atoms with van der Waals surface area (Å²) in [5.41, 5.74) is 2.54. The summed E-state index contributed by atoms with van der Waals surface area (Å²) in [7, 11) is 0. The second kappa shape index (κ2) is 4.22. The summed E-state index contributed by atoms with van der Waals surface area (Å²) in [5, 5.41) is 0.158. The molecule has 1 aromatic carbocycles. The van der Waals surface area contributed by atoms with Crippen LogP contribution in [-0.4, -0.2) is 6.61 Å². The third-order valence-corrected chi connectivity index (χ3v) is 3.09. The van der Waals surface area contributed by atoms with Crippen molar-refractivity contribution in [2.24, 2.45) is 0 Å². The summed E-state index contributed by atoms with van der Waals surface area (Å²) >= 11 is 6.27. The van der Waals surface area contributed by atoms with Crippen molar-refractivity contribution in [1.82, 2.24) is 0 Å². The highest BCUT2D eigenvalue weighted by molar-refractivity contribution is 6.20. The molecular formula is C12H15ClO. The summed E-state index contributed by atoms with van der Waals surface area (Å²) in [5.74, 6) is 1.04. The Kier molecular flexibility index (Phi) is 2.97. The standard InChI is InChI=1S/C12H15ClO/c1-2-3-11(13)9-4-5-12-10(8-9)6-7-14-12/h4-5,8,11H,2-3,6-7H2,1H3. The van der Waals surface area contributed by atoms with E-state index in [0.717, 1.165) is 31.6 Å². The summed E-state index contributed by atoms with van der Waals surface area (Å²) in [6.45, 7) is 2.98. The molecule has 76 valence electrons. The van der Waals surface area contributed by atoms with Crippen LogP contribution < -0.4 is 4.74 Å². The third-order valence-electron chi connectivity index (χ3n) is 2.62. The molecule has 0 saturated carbocycles. The first kappa shape index (κ1) is 9.85. The van der Waals surface area contributed by atoms with E-state index in [0.29, 0.717) is 0 Å². The highest BCUT2D eigenvalue weighted by Crippen LogP contribution is 2.32. The van der Waals surface area contributed by atoms with E-state index >= 15 is 0 Å². The molecule has 1 aliphatic rings. The van der Waals surface area contributed by atoms with Gasteiger partial charge in [0.05, 0.1) is 12.0 Å². The molecule has 1 aliphatic heterocycles. The van der Waals surface area contributed by atoms with Crippen molar-refractivity contribution in [2.75, 3.05) is 6.61 Å². The normalized spacial score (nSPS) is 16.1. The molecule has 0 radical (unpaired) electrons. The van der Waals surface area contributed by atoms with Crippen molar-refractivity contribution in [3.05, 3.63) is 29.3 Å². The minimum atomic E-state index is 0.158. The van der Waals surface area contributed by atoms with Gasteiger partial charge in [0.1, 0.15) is 5.75 Å². The second-order valence-electron chi connectivity index (χ2n) is 3.72. The predicted molar refractivity (Wildman–Crippen MR) is 59.1 cm³/mol. The van der Waals surface area contributed by atoms with Gasteiger partial charge in [-0.3, -0.25) is 0 Å². The maximum absolute atomic E-state index is 6.27. The zero-order valence-electron chi connectivity index (χ0n) is 8.42. The summed E-state index contributed by atoms with van der Waals surface area (Å²) in [4.78, 5) is 0. The Morgan fingerprint density at radius 2 is 2.36 bits per heavy atom. The number of benzene rings is 1. The van der Waals surface area contributed by atoms with Crippen LogP contribution in [0.25, 0.3) is 0 Å². The molecule has 0 aromatic heterocycles. The average molecular weight is 211 g/mol. The highest BCUT2D eigenvalue weighted by atomic mass is 35.5. The van der Waals surface area contributed by atoms with Crippen molar-refractivity contribution in [3.63, 3.8) is 0 Å². The Hall–Kier alpha value is -0.690. The van der Waals surface area contributed by atoms with E-state index in [2.05, 4.69) is 19.1 Å². The molecule has 1 nitrogen and oxygen atoms in total. The van der Waals surface area contributed by atoms with E-state index in [1.54, 1.807) is 0 Å². The molecule has 1 atom stereocenters. The van der Waals surface area contributed by atoms with Crippen LogP contribution in [0.5, 0.6) is 5.75 Å². The van der Waals surface area contributed by atoms with Gasteiger partial charge < -0.3 is 4.74 Å². The zero-order chi connectivity index (χ0) is 9.97. The molecule has 0 bridgehead atoms. The number of alkyl halides is 1. The minimum Gasteiger partial charge on any atom is -0.493 e. The Morgan fingerprint density at radius 1 is 1.50 bits per heavy atom. The van der Waals surface area contributed by atoms with Gasteiger partial charge in [0.25, 0.3) is 0 Å². The number of rotatable bonds is 3. The lowest BCUT2D eigenvalue weighted by Crippen LogP contribution is -1.90. The van der Waals surface area contributed by atoms with Gasteiger partial charge in [-0.2, -0.15) is 0 Å². The van der Waals surface area contributed by atoms with E-state index in [1.807, 2.05) is 6.07 Å². The second-order valence-corrected chi connectivity index (χ2v) is 4.25. The van der Waals surface area contributed by atoms with Crippen LogP contribution in [0.3, 0.4) is 0 Å². The molecule has 1 aromatic rings. The molecule has 0 spiro atoms. The van der Waals surface area contributed by atoms with E-state index in [4.69, 9.17) is 16.3 Å². The predicted octanol–water partition coefficient (Wildman–Crippen LogP) is 3.70. The third kappa shape index (κ3) is 1.88. The summed E-state index contributed by atoms with van der Waals surface area (Å²) in [6, 6.07) is 6.32. The van der Waals surface area contributed by atoms with Crippen molar-refractivity contribution in [3.8, 4) is 5.75 Å². The Labute approximate surface area is 90.0 Å². The first-order valence-electron chi connectivity index (χ1n) is 5.21. The van der Waals surface area contributed by atoms with Gasteiger partial charge in [-0.1, -0.05) is 25.5 Å². The fourth-order valence-corrected chi connectivity index (χ4v) is 2.18. The molecule has 14 heavy (non-hydrogen) atoms. The minimum absolute atomic E-state index is 0.158. The zero-order valence-corrected chi connectivity index (χ0v) is 9.18. The monoisotopic (exact) mass is 210 g/mol. The van der Waals surface area contributed by atoms with E-state index in [1.165, 1.54) is 11.1 Å². The first-order chi connectivity index (χ1) is 6.81. The largest absolute Gasteiger partial charge is 0.493 e. The van der Waals surface area contributed by atoms with E-state index in [9.17, 15) is 0 Å². The lowest BCUT2D eigenvalue weighted by atomic mass is 10.0.